The second kappa shape index (κ2) is 5.73. The number of carbonyl (C=O) groups is 2. The van der Waals surface area contributed by atoms with E-state index < -0.39 is 5.60 Å². The van der Waals surface area contributed by atoms with Crippen LogP contribution in [0.25, 0.3) is 0 Å². The Morgan fingerprint density at radius 1 is 1.40 bits per heavy atom. The third-order valence-electron chi connectivity index (χ3n) is 3.48. The molecule has 5 nitrogen and oxygen atoms in total. The first-order valence-electron chi connectivity index (χ1n) is 6.72. The lowest BCUT2D eigenvalue weighted by Gasteiger charge is -2.18. The number of para-hydroxylation sites is 1. The molecule has 0 saturated carbocycles. The van der Waals surface area contributed by atoms with Gasteiger partial charge in [-0.1, -0.05) is 12.1 Å². The Balaban J connectivity index is 1.97. The van der Waals surface area contributed by atoms with Crippen molar-refractivity contribution in [1.82, 2.24) is 4.90 Å². The highest BCUT2D eigenvalue weighted by molar-refractivity contribution is 6.04. The Hall–Kier alpha value is -1.72. The summed E-state index contributed by atoms with van der Waals surface area (Å²) in [7, 11) is 0. The number of benzene rings is 1. The van der Waals surface area contributed by atoms with Gasteiger partial charge in [0.05, 0.1) is 17.8 Å². The number of amides is 1. The van der Waals surface area contributed by atoms with E-state index in [0.29, 0.717) is 30.8 Å². The summed E-state index contributed by atoms with van der Waals surface area (Å²) < 4.78 is 0. The van der Waals surface area contributed by atoms with Crippen LogP contribution in [0.3, 0.4) is 0 Å². The van der Waals surface area contributed by atoms with E-state index in [9.17, 15) is 14.7 Å². The van der Waals surface area contributed by atoms with E-state index in [4.69, 9.17) is 0 Å². The number of aliphatic hydroxyl groups is 1. The number of ketones is 1. The van der Waals surface area contributed by atoms with Gasteiger partial charge in [-0.3, -0.25) is 14.5 Å². The molecule has 1 aromatic rings. The van der Waals surface area contributed by atoms with Gasteiger partial charge in [0.1, 0.15) is 0 Å². The molecule has 1 unspecified atom stereocenters. The van der Waals surface area contributed by atoms with Gasteiger partial charge in [0.15, 0.2) is 5.78 Å². The van der Waals surface area contributed by atoms with Crippen LogP contribution in [-0.2, 0) is 4.79 Å². The van der Waals surface area contributed by atoms with Gasteiger partial charge in [-0.15, -0.1) is 0 Å². The maximum atomic E-state index is 12.0. The van der Waals surface area contributed by atoms with Gasteiger partial charge in [0, 0.05) is 18.7 Å². The van der Waals surface area contributed by atoms with Crippen LogP contribution in [0.15, 0.2) is 24.3 Å². The second-order valence-corrected chi connectivity index (χ2v) is 5.61. The fourth-order valence-corrected chi connectivity index (χ4v) is 2.47. The van der Waals surface area contributed by atoms with Crippen LogP contribution in [0.4, 0.5) is 5.69 Å². The molecular formula is C15H20N2O3. The van der Waals surface area contributed by atoms with Crippen LogP contribution < -0.4 is 5.32 Å². The first kappa shape index (κ1) is 14.7. The lowest BCUT2D eigenvalue weighted by atomic mass is 10.1. The molecule has 2 rings (SSSR count). The Morgan fingerprint density at radius 3 is 2.70 bits per heavy atom. The van der Waals surface area contributed by atoms with Crippen molar-refractivity contribution in [2.75, 3.05) is 25.0 Å². The minimum atomic E-state index is -0.711. The average molecular weight is 276 g/mol. The number of nitrogens with zero attached hydrogens (tertiary/aromatic N) is 1. The average Bonchev–Trinajstić information content (AvgIpc) is 2.68. The normalized spacial score (nSPS) is 22.8. The fraction of sp³-hybridized carbons (Fsp3) is 0.467. The summed E-state index contributed by atoms with van der Waals surface area (Å²) in [6.45, 7) is 4.67. The molecule has 1 fully saturated rings. The van der Waals surface area contributed by atoms with Crippen molar-refractivity contribution in [1.29, 1.82) is 0 Å². The van der Waals surface area contributed by atoms with Crippen molar-refractivity contribution in [2.24, 2.45) is 0 Å². The highest BCUT2D eigenvalue weighted by atomic mass is 16.3. The first-order valence-corrected chi connectivity index (χ1v) is 6.72. The van der Waals surface area contributed by atoms with Gasteiger partial charge in [-0.05, 0) is 32.4 Å². The van der Waals surface area contributed by atoms with Crippen LogP contribution in [0, 0.1) is 0 Å². The zero-order valence-electron chi connectivity index (χ0n) is 11.8. The lowest BCUT2D eigenvalue weighted by Crippen LogP contribution is -2.35. The summed E-state index contributed by atoms with van der Waals surface area (Å²) in [6.07, 6.45) is 0.671. The third-order valence-corrected chi connectivity index (χ3v) is 3.48. The third kappa shape index (κ3) is 3.65. The molecule has 0 spiro atoms. The Bertz CT molecular complexity index is 526. The molecule has 2 N–H and O–H groups in total. The summed E-state index contributed by atoms with van der Waals surface area (Å²) >= 11 is 0. The standard InChI is InChI=1S/C15H20N2O3/c1-11(18)12-5-3-4-6-13(12)16-14(19)9-17-8-7-15(2,20)10-17/h3-6,20H,7-10H2,1-2H3,(H,16,19). The Morgan fingerprint density at radius 2 is 2.10 bits per heavy atom. The molecule has 1 amide bonds. The topological polar surface area (TPSA) is 69.6 Å². The Labute approximate surface area is 118 Å². The number of nitrogens with one attached hydrogen (secondary N) is 1. The van der Waals surface area contributed by atoms with Crippen molar-refractivity contribution in [3.05, 3.63) is 29.8 Å². The van der Waals surface area contributed by atoms with E-state index in [0.717, 1.165) is 0 Å². The second-order valence-electron chi connectivity index (χ2n) is 5.61. The SMILES string of the molecule is CC(=O)c1ccccc1NC(=O)CN1CCC(C)(O)C1. The molecule has 0 aromatic heterocycles. The highest BCUT2D eigenvalue weighted by Crippen LogP contribution is 2.20. The molecule has 0 bridgehead atoms. The molecular weight excluding hydrogens is 256 g/mol. The van der Waals surface area contributed by atoms with Crippen molar-refractivity contribution >= 4 is 17.4 Å². The number of hydrogen-bond acceptors (Lipinski definition) is 4. The largest absolute Gasteiger partial charge is 0.389 e. The fourth-order valence-electron chi connectivity index (χ4n) is 2.47. The van der Waals surface area contributed by atoms with Gasteiger partial charge in [-0.2, -0.15) is 0 Å². The van der Waals surface area contributed by atoms with Crippen molar-refractivity contribution in [3.8, 4) is 0 Å². The molecule has 1 atom stereocenters. The van der Waals surface area contributed by atoms with Crippen LogP contribution >= 0.6 is 0 Å². The van der Waals surface area contributed by atoms with Gasteiger partial charge < -0.3 is 10.4 Å². The zero-order valence-corrected chi connectivity index (χ0v) is 11.8. The number of anilines is 1. The van der Waals surface area contributed by atoms with E-state index in [-0.39, 0.29) is 18.2 Å². The maximum Gasteiger partial charge on any atom is 0.238 e. The predicted molar refractivity (Wildman–Crippen MR) is 76.8 cm³/mol. The quantitative estimate of drug-likeness (QED) is 0.813. The van der Waals surface area contributed by atoms with Crippen LogP contribution in [0.2, 0.25) is 0 Å². The van der Waals surface area contributed by atoms with Crippen molar-refractivity contribution in [2.45, 2.75) is 25.9 Å². The Kier molecular flexibility index (Phi) is 4.20. The summed E-state index contributed by atoms with van der Waals surface area (Å²) in [4.78, 5) is 25.4. The van der Waals surface area contributed by atoms with E-state index >= 15 is 0 Å². The molecule has 20 heavy (non-hydrogen) atoms. The minimum Gasteiger partial charge on any atom is -0.389 e. The summed E-state index contributed by atoms with van der Waals surface area (Å²) in [6, 6.07) is 6.96. The highest BCUT2D eigenvalue weighted by Gasteiger charge is 2.32. The molecule has 5 heteroatoms. The van der Waals surface area contributed by atoms with E-state index in [1.54, 1.807) is 31.2 Å². The maximum absolute atomic E-state index is 12.0. The molecule has 1 heterocycles. The number of β-amino-alcohol motifs (C(OH)–C–C–N with tert-alkyl or cyclic N) is 1. The molecule has 0 radical (unpaired) electrons. The molecule has 1 saturated heterocycles. The molecule has 108 valence electrons. The van der Waals surface area contributed by atoms with E-state index in [2.05, 4.69) is 5.32 Å². The number of rotatable bonds is 4. The summed E-state index contributed by atoms with van der Waals surface area (Å²) in [5.74, 6) is -0.249. The number of hydrogen-bond donors (Lipinski definition) is 2. The van der Waals surface area contributed by atoms with Gasteiger partial charge in [0.25, 0.3) is 0 Å². The van der Waals surface area contributed by atoms with Crippen LogP contribution in [-0.4, -0.2) is 46.9 Å². The number of Topliss-reactive ketones (excluding diaryl/α,β-unsaturated/α-hetero) is 1. The summed E-state index contributed by atoms with van der Waals surface area (Å²) in [5.41, 5.74) is 0.336. The molecule has 1 aliphatic rings. The minimum absolute atomic E-state index is 0.0787. The van der Waals surface area contributed by atoms with Gasteiger partial charge in [0.2, 0.25) is 5.91 Å². The molecule has 1 aromatic carbocycles. The predicted octanol–water partition coefficient (Wildman–Crippen LogP) is 1.28. The molecule has 1 aliphatic heterocycles. The smallest absolute Gasteiger partial charge is 0.238 e. The summed E-state index contributed by atoms with van der Waals surface area (Å²) in [5, 5.41) is 12.6. The number of carbonyl (C=O) groups excluding carboxylic acids is 2. The first-order chi connectivity index (χ1) is 9.37. The lowest BCUT2D eigenvalue weighted by molar-refractivity contribution is -0.117. The van der Waals surface area contributed by atoms with Crippen molar-refractivity contribution < 1.29 is 14.7 Å². The zero-order chi connectivity index (χ0) is 14.8. The van der Waals surface area contributed by atoms with E-state index in [1.165, 1.54) is 6.92 Å². The number of likely N-dealkylation sites (tertiary alicyclic amines) is 1. The van der Waals surface area contributed by atoms with Gasteiger partial charge in [-0.25, -0.2) is 0 Å². The monoisotopic (exact) mass is 276 g/mol. The van der Waals surface area contributed by atoms with Crippen molar-refractivity contribution in [3.63, 3.8) is 0 Å². The van der Waals surface area contributed by atoms with Crippen LogP contribution in [0.1, 0.15) is 30.6 Å². The van der Waals surface area contributed by atoms with E-state index in [1.807, 2.05) is 4.90 Å². The van der Waals surface area contributed by atoms with Crippen LogP contribution in [0.5, 0.6) is 0 Å². The van der Waals surface area contributed by atoms with Gasteiger partial charge >= 0.3 is 0 Å². The molecule has 0 aliphatic carbocycles.